The number of carbonyl (C=O) groups is 1. The summed E-state index contributed by atoms with van der Waals surface area (Å²) in [6, 6.07) is 5.38. The number of morpholine rings is 1. The van der Waals surface area contributed by atoms with Gasteiger partial charge in [0.05, 0.1) is 30.0 Å². The van der Waals surface area contributed by atoms with Gasteiger partial charge in [-0.1, -0.05) is 18.5 Å². The number of ether oxygens (including phenoxy) is 1. The fourth-order valence-corrected chi connectivity index (χ4v) is 3.50. The van der Waals surface area contributed by atoms with Crippen molar-refractivity contribution in [1.29, 1.82) is 5.26 Å². The lowest BCUT2D eigenvalue weighted by Crippen LogP contribution is -2.39. The first-order valence-electron chi connectivity index (χ1n) is 8.16. The fourth-order valence-electron chi connectivity index (χ4n) is 3.20. The van der Waals surface area contributed by atoms with Crippen molar-refractivity contribution in [2.75, 3.05) is 44.3 Å². The van der Waals surface area contributed by atoms with Gasteiger partial charge < -0.3 is 19.9 Å². The van der Waals surface area contributed by atoms with Crippen molar-refractivity contribution in [2.45, 2.75) is 13.0 Å². The highest BCUT2D eigenvalue weighted by molar-refractivity contribution is 6.33. The lowest BCUT2D eigenvalue weighted by molar-refractivity contribution is 0.0932. The highest BCUT2D eigenvalue weighted by Gasteiger charge is 2.30. The van der Waals surface area contributed by atoms with Gasteiger partial charge in [0.2, 0.25) is 0 Å². The average molecular weight is 349 g/mol. The molecule has 2 unspecified atom stereocenters. The molecule has 1 aromatic carbocycles. The molecule has 7 heteroatoms. The number of nitriles is 1. The molecule has 1 aromatic rings. The van der Waals surface area contributed by atoms with Gasteiger partial charge in [-0.2, -0.15) is 5.26 Å². The molecule has 0 radical (unpaired) electrons. The van der Waals surface area contributed by atoms with Gasteiger partial charge in [-0.25, -0.2) is 0 Å². The summed E-state index contributed by atoms with van der Waals surface area (Å²) in [5.74, 6) is 0.0961. The molecule has 2 aliphatic heterocycles. The Bertz CT molecular complexity index is 654. The number of hydrogen-bond acceptors (Lipinski definition) is 5. The standard InChI is InChI=1S/C17H21ClN4O2/c1-12-9-21(11-19)10-15(12)20-17(23)13-2-3-16(14(18)8-13)22-4-6-24-7-5-22/h2-3,8,12,15H,4-7,9-10H2,1H3,(H,20,23). The Hall–Kier alpha value is -1.97. The highest BCUT2D eigenvalue weighted by Crippen LogP contribution is 2.28. The minimum Gasteiger partial charge on any atom is -0.378 e. The molecule has 0 spiro atoms. The Morgan fingerprint density at radius 2 is 2.12 bits per heavy atom. The van der Waals surface area contributed by atoms with Crippen molar-refractivity contribution in [2.24, 2.45) is 5.92 Å². The zero-order valence-corrected chi connectivity index (χ0v) is 14.4. The Labute approximate surface area is 146 Å². The predicted octanol–water partition coefficient (Wildman–Crippen LogP) is 1.71. The second-order valence-corrected chi connectivity index (χ2v) is 6.74. The Morgan fingerprint density at radius 1 is 1.38 bits per heavy atom. The van der Waals surface area contributed by atoms with E-state index >= 15 is 0 Å². The Morgan fingerprint density at radius 3 is 2.75 bits per heavy atom. The van der Waals surface area contributed by atoms with Gasteiger partial charge >= 0.3 is 0 Å². The molecule has 128 valence electrons. The zero-order valence-electron chi connectivity index (χ0n) is 13.7. The van der Waals surface area contributed by atoms with E-state index in [-0.39, 0.29) is 17.9 Å². The van der Waals surface area contributed by atoms with Gasteiger partial charge in [-0.05, 0) is 24.1 Å². The van der Waals surface area contributed by atoms with Crippen LogP contribution in [0.2, 0.25) is 5.02 Å². The van der Waals surface area contributed by atoms with E-state index in [1.165, 1.54) is 0 Å². The van der Waals surface area contributed by atoms with Crippen LogP contribution in [0, 0.1) is 17.4 Å². The van der Waals surface area contributed by atoms with E-state index in [1.807, 2.05) is 13.0 Å². The lowest BCUT2D eigenvalue weighted by atomic mass is 10.1. The van der Waals surface area contributed by atoms with Crippen molar-refractivity contribution in [3.05, 3.63) is 28.8 Å². The molecule has 3 rings (SSSR count). The predicted molar refractivity (Wildman–Crippen MR) is 92.1 cm³/mol. The summed E-state index contributed by atoms with van der Waals surface area (Å²) in [6.45, 7) is 6.25. The molecule has 0 aliphatic carbocycles. The van der Waals surface area contributed by atoms with Crippen LogP contribution in [-0.4, -0.2) is 56.2 Å². The van der Waals surface area contributed by atoms with Crippen molar-refractivity contribution in [3.63, 3.8) is 0 Å². The third-order valence-electron chi connectivity index (χ3n) is 4.63. The maximum Gasteiger partial charge on any atom is 0.251 e. The molecule has 2 heterocycles. The molecule has 1 N–H and O–H groups in total. The van der Waals surface area contributed by atoms with E-state index in [0.29, 0.717) is 36.9 Å². The molecular formula is C17H21ClN4O2. The minimum atomic E-state index is -0.151. The van der Waals surface area contributed by atoms with Crippen LogP contribution in [0.4, 0.5) is 5.69 Å². The number of halogens is 1. The monoisotopic (exact) mass is 348 g/mol. The maximum atomic E-state index is 12.5. The first kappa shape index (κ1) is 16.9. The van der Waals surface area contributed by atoms with Crippen LogP contribution < -0.4 is 10.2 Å². The Kier molecular flexibility index (Phi) is 5.12. The van der Waals surface area contributed by atoms with Gasteiger partial charge in [0.1, 0.15) is 0 Å². The number of nitrogens with one attached hydrogen (secondary N) is 1. The summed E-state index contributed by atoms with van der Waals surface area (Å²) in [7, 11) is 0. The third kappa shape index (κ3) is 3.58. The molecule has 1 amide bonds. The van der Waals surface area contributed by atoms with Crippen LogP contribution >= 0.6 is 11.6 Å². The largest absolute Gasteiger partial charge is 0.378 e. The maximum absolute atomic E-state index is 12.5. The second kappa shape index (κ2) is 7.29. The summed E-state index contributed by atoms with van der Waals surface area (Å²) in [5.41, 5.74) is 1.47. The quantitative estimate of drug-likeness (QED) is 0.842. The molecule has 0 saturated carbocycles. The SMILES string of the molecule is CC1CN(C#N)CC1NC(=O)c1ccc(N2CCOCC2)c(Cl)c1. The summed E-state index contributed by atoms with van der Waals surface area (Å²) in [4.78, 5) is 16.3. The van der Waals surface area contributed by atoms with Gasteiger partial charge in [-0.3, -0.25) is 4.79 Å². The summed E-state index contributed by atoms with van der Waals surface area (Å²) in [5, 5.41) is 12.6. The molecule has 6 nitrogen and oxygen atoms in total. The molecule has 0 aromatic heterocycles. The van der Waals surface area contributed by atoms with Gasteiger partial charge in [0, 0.05) is 31.7 Å². The van der Waals surface area contributed by atoms with Crippen LogP contribution in [0.5, 0.6) is 0 Å². The highest BCUT2D eigenvalue weighted by atomic mass is 35.5. The number of hydrogen-bond donors (Lipinski definition) is 1. The van der Waals surface area contributed by atoms with Gasteiger partial charge in [-0.15, -0.1) is 0 Å². The lowest BCUT2D eigenvalue weighted by Gasteiger charge is -2.29. The van der Waals surface area contributed by atoms with Crippen molar-refractivity contribution >= 4 is 23.2 Å². The van der Waals surface area contributed by atoms with E-state index in [2.05, 4.69) is 16.4 Å². The smallest absolute Gasteiger partial charge is 0.251 e. The van der Waals surface area contributed by atoms with Crippen LogP contribution in [0.1, 0.15) is 17.3 Å². The van der Waals surface area contributed by atoms with Crippen LogP contribution in [0.3, 0.4) is 0 Å². The zero-order chi connectivity index (χ0) is 17.1. The van der Waals surface area contributed by atoms with Gasteiger partial charge in [0.25, 0.3) is 5.91 Å². The van der Waals surface area contributed by atoms with Gasteiger partial charge in [0.15, 0.2) is 6.19 Å². The molecule has 2 fully saturated rings. The molecule has 2 atom stereocenters. The van der Waals surface area contributed by atoms with E-state index in [4.69, 9.17) is 21.6 Å². The van der Waals surface area contributed by atoms with Crippen molar-refractivity contribution < 1.29 is 9.53 Å². The minimum absolute atomic E-state index is 0.0187. The third-order valence-corrected chi connectivity index (χ3v) is 4.93. The number of likely N-dealkylation sites (tertiary alicyclic amines) is 1. The van der Waals surface area contributed by atoms with E-state index in [0.717, 1.165) is 18.8 Å². The number of nitrogens with zero attached hydrogens (tertiary/aromatic N) is 3. The summed E-state index contributed by atoms with van der Waals surface area (Å²) < 4.78 is 5.35. The average Bonchev–Trinajstić information content (AvgIpc) is 2.95. The second-order valence-electron chi connectivity index (χ2n) is 6.33. The van der Waals surface area contributed by atoms with Crippen molar-refractivity contribution in [1.82, 2.24) is 10.2 Å². The number of rotatable bonds is 3. The molecule has 2 aliphatic rings. The molecule has 2 saturated heterocycles. The first-order valence-corrected chi connectivity index (χ1v) is 8.54. The fraction of sp³-hybridized carbons (Fsp3) is 0.529. The number of benzene rings is 1. The summed E-state index contributed by atoms with van der Waals surface area (Å²) in [6.07, 6.45) is 2.14. The van der Waals surface area contributed by atoms with Crippen LogP contribution in [0.15, 0.2) is 18.2 Å². The number of amides is 1. The van der Waals surface area contributed by atoms with Crippen LogP contribution in [-0.2, 0) is 4.74 Å². The Balaban J connectivity index is 1.67. The van der Waals surface area contributed by atoms with E-state index in [1.54, 1.807) is 17.0 Å². The topological polar surface area (TPSA) is 68.6 Å². The number of anilines is 1. The first-order chi connectivity index (χ1) is 11.6. The summed E-state index contributed by atoms with van der Waals surface area (Å²) >= 11 is 6.38. The van der Waals surface area contributed by atoms with E-state index in [9.17, 15) is 4.79 Å². The normalized spacial score (nSPS) is 23.9. The molecule has 0 bridgehead atoms. The number of carbonyl (C=O) groups excluding carboxylic acids is 1. The molecular weight excluding hydrogens is 328 g/mol. The van der Waals surface area contributed by atoms with Crippen LogP contribution in [0.25, 0.3) is 0 Å². The molecule has 24 heavy (non-hydrogen) atoms. The van der Waals surface area contributed by atoms with E-state index < -0.39 is 0 Å². The van der Waals surface area contributed by atoms with Crippen molar-refractivity contribution in [3.8, 4) is 6.19 Å².